The lowest BCUT2D eigenvalue weighted by atomic mass is 9.91. The van der Waals surface area contributed by atoms with Gasteiger partial charge in [0.1, 0.15) is 0 Å². The Morgan fingerprint density at radius 1 is 0.414 bits per heavy atom. The second-order valence-electron chi connectivity index (χ2n) is 13.0. The summed E-state index contributed by atoms with van der Waals surface area (Å²) < 4.78 is 70.0. The van der Waals surface area contributed by atoms with Crippen molar-refractivity contribution in [2.75, 3.05) is 92.4 Å². The first-order valence-corrected chi connectivity index (χ1v) is 28.5. The van der Waals surface area contributed by atoms with Crippen molar-refractivity contribution in [2.45, 2.75) is 50.2 Å². The SMILES string of the molecule is CO[SiH](CC1CCCCC1)OC.CO[Si](CC[Si](OC)(OC)OC)(OC)OC.CO[Si](OC)(OC)c1ccccc1.CO[Si](OC)(c1ccccc1)c1ccccc1. The zero-order valence-electron chi connectivity index (χ0n) is 37.3. The lowest BCUT2D eigenvalue weighted by Crippen LogP contribution is -2.62. The van der Waals surface area contributed by atoms with Gasteiger partial charge >= 0.3 is 44.3 Å². The maximum atomic E-state index is 5.78. The summed E-state index contributed by atoms with van der Waals surface area (Å²) in [6.45, 7) is 0. The van der Waals surface area contributed by atoms with Gasteiger partial charge in [-0.1, -0.05) is 123 Å². The fourth-order valence-electron chi connectivity index (χ4n) is 6.68. The minimum atomic E-state index is -2.59. The molecule has 0 atom stereocenters. The fraction of sp³-hybridized carbons (Fsp3) is 0.550. The number of benzene rings is 3. The van der Waals surface area contributed by atoms with E-state index >= 15 is 0 Å². The molecule has 4 rings (SSSR count). The number of hydrogen-bond donors (Lipinski definition) is 0. The Hall–Kier alpha value is -1.78. The van der Waals surface area contributed by atoms with E-state index in [1.807, 2.05) is 66.7 Å². The fourth-order valence-corrected chi connectivity index (χ4v) is 17.5. The van der Waals surface area contributed by atoms with Crippen LogP contribution in [0, 0.1) is 5.92 Å². The zero-order chi connectivity index (χ0) is 43.3. The van der Waals surface area contributed by atoms with E-state index in [1.54, 1.807) is 92.4 Å². The third kappa shape index (κ3) is 16.6. The molecule has 0 aromatic heterocycles. The third-order valence-corrected chi connectivity index (χ3v) is 24.2. The smallest absolute Gasteiger partial charge is 0.400 e. The minimum Gasteiger partial charge on any atom is -0.400 e. The molecule has 0 spiro atoms. The van der Waals surface area contributed by atoms with Gasteiger partial charge in [0.15, 0.2) is 0 Å². The predicted molar refractivity (Wildman–Crippen MR) is 241 cm³/mol. The second-order valence-corrected chi connectivity index (χ2v) is 27.6. The molecule has 3 aromatic carbocycles. The van der Waals surface area contributed by atoms with Crippen LogP contribution in [0.2, 0.25) is 18.1 Å². The average Bonchev–Trinajstić information content (AvgIpc) is 3.31. The van der Waals surface area contributed by atoms with Gasteiger partial charge in [-0.25, -0.2) is 0 Å². The van der Waals surface area contributed by atoms with Crippen LogP contribution in [0.4, 0.5) is 0 Å². The van der Waals surface area contributed by atoms with Crippen molar-refractivity contribution >= 4 is 59.8 Å². The first-order chi connectivity index (χ1) is 28.1. The quantitative estimate of drug-likeness (QED) is 0.132. The first kappa shape index (κ1) is 54.2. The molecular weight excluding hydrogens is 829 g/mol. The van der Waals surface area contributed by atoms with Crippen LogP contribution >= 0.6 is 0 Å². The van der Waals surface area contributed by atoms with Gasteiger partial charge in [-0.2, -0.15) is 0 Å². The van der Waals surface area contributed by atoms with Crippen LogP contribution in [-0.2, 0) is 57.5 Å². The van der Waals surface area contributed by atoms with E-state index in [2.05, 4.69) is 24.3 Å². The standard InChI is InChI=1S/C14H16O2Si.C9H14O3Si.C9H20O2Si.C8H22O6Si2/c1-15-17(16-2,13-9-5-3-6-10-13)14-11-7-4-8-12-14;1-10-13(11-2,12-3)9-7-5-4-6-8-9;1-10-12(11-2)8-9-6-4-3-5-7-9;1-9-15(10-2,11-3)7-8-16(12-4,13-5)14-6/h3-12H,1-2H3;4-8H,1-3H3;9,12H,3-8H2,1-2H3;7-8H2,1-6H3. The van der Waals surface area contributed by atoms with Crippen LogP contribution in [0.25, 0.3) is 0 Å². The van der Waals surface area contributed by atoms with E-state index < -0.39 is 44.3 Å². The highest BCUT2D eigenvalue weighted by Gasteiger charge is 2.46. The molecule has 58 heavy (non-hydrogen) atoms. The summed E-state index contributed by atoms with van der Waals surface area (Å²) in [6, 6.07) is 32.4. The summed E-state index contributed by atoms with van der Waals surface area (Å²) >= 11 is 0. The monoisotopic (exact) mass is 900 g/mol. The largest absolute Gasteiger partial charge is 0.536 e. The Morgan fingerprint density at radius 2 is 0.741 bits per heavy atom. The Balaban J connectivity index is 0.000000390. The Labute approximate surface area is 355 Å². The number of hydrogen-bond acceptors (Lipinski definition) is 13. The summed E-state index contributed by atoms with van der Waals surface area (Å²) in [7, 11) is 9.76. The van der Waals surface area contributed by atoms with Crippen molar-refractivity contribution < 1.29 is 57.5 Å². The molecule has 0 N–H and O–H groups in total. The summed E-state index contributed by atoms with van der Waals surface area (Å²) in [5.74, 6) is 0.898. The van der Waals surface area contributed by atoms with Crippen LogP contribution in [0.5, 0.6) is 0 Å². The van der Waals surface area contributed by atoms with Gasteiger partial charge in [-0.05, 0) is 22.3 Å². The van der Waals surface area contributed by atoms with Crippen molar-refractivity contribution in [3.8, 4) is 0 Å². The lowest BCUT2D eigenvalue weighted by molar-refractivity contribution is 0.109. The average molecular weight is 901 g/mol. The van der Waals surface area contributed by atoms with E-state index in [9.17, 15) is 0 Å². The van der Waals surface area contributed by atoms with Gasteiger partial charge in [-0.15, -0.1) is 0 Å². The normalized spacial score (nSPS) is 13.8. The molecule has 330 valence electrons. The summed E-state index contributed by atoms with van der Waals surface area (Å²) in [6.07, 6.45) is 7.06. The maximum Gasteiger partial charge on any atom is 0.536 e. The lowest BCUT2D eigenvalue weighted by Gasteiger charge is -2.29. The highest BCUT2D eigenvalue weighted by Crippen LogP contribution is 2.28. The molecule has 0 aliphatic heterocycles. The third-order valence-electron chi connectivity index (χ3n) is 10.2. The van der Waals surface area contributed by atoms with Crippen molar-refractivity contribution in [1.82, 2.24) is 0 Å². The van der Waals surface area contributed by atoms with Crippen LogP contribution in [0.15, 0.2) is 91.0 Å². The molecule has 1 aliphatic carbocycles. The Morgan fingerprint density at radius 3 is 1.02 bits per heavy atom. The maximum absolute atomic E-state index is 5.78. The van der Waals surface area contributed by atoms with Crippen molar-refractivity contribution in [1.29, 1.82) is 0 Å². The van der Waals surface area contributed by atoms with Gasteiger partial charge in [-0.3, -0.25) is 0 Å². The van der Waals surface area contributed by atoms with E-state index in [4.69, 9.17) is 57.5 Å². The molecule has 0 radical (unpaired) electrons. The summed E-state index contributed by atoms with van der Waals surface area (Å²) in [5, 5.41) is 3.22. The molecule has 1 saturated carbocycles. The molecule has 18 heteroatoms. The highest BCUT2D eigenvalue weighted by molar-refractivity contribution is 6.92. The van der Waals surface area contributed by atoms with Crippen molar-refractivity contribution in [3.63, 3.8) is 0 Å². The van der Waals surface area contributed by atoms with E-state index in [-0.39, 0.29) is 0 Å². The van der Waals surface area contributed by atoms with Crippen molar-refractivity contribution in [3.05, 3.63) is 91.0 Å². The molecule has 13 nitrogen and oxygen atoms in total. The van der Waals surface area contributed by atoms with E-state index in [1.165, 1.54) is 38.1 Å². The molecule has 0 unspecified atom stereocenters. The van der Waals surface area contributed by atoms with Gasteiger partial charge in [0.25, 0.3) is 0 Å². The topological polar surface area (TPSA) is 120 Å². The molecule has 0 amide bonds. The molecule has 1 aliphatic rings. The Kier molecular flexibility index (Phi) is 28.3. The summed E-state index contributed by atoms with van der Waals surface area (Å²) in [4.78, 5) is 0. The van der Waals surface area contributed by atoms with Crippen LogP contribution in [-0.4, -0.2) is 137 Å². The molecule has 1 fully saturated rings. The summed E-state index contributed by atoms with van der Waals surface area (Å²) in [5.41, 5.74) is 0. The van der Waals surface area contributed by atoms with Gasteiger partial charge in [0, 0.05) is 110 Å². The molecule has 0 heterocycles. The zero-order valence-corrected chi connectivity index (χ0v) is 42.4. The van der Waals surface area contributed by atoms with Crippen LogP contribution < -0.4 is 15.6 Å². The van der Waals surface area contributed by atoms with Gasteiger partial charge in [0.05, 0.1) is 0 Å². The van der Waals surface area contributed by atoms with E-state index in [0.29, 0.717) is 12.1 Å². The first-order valence-electron chi connectivity index (χ1n) is 19.3. The van der Waals surface area contributed by atoms with Gasteiger partial charge < -0.3 is 57.5 Å². The number of rotatable bonds is 21. The van der Waals surface area contributed by atoms with E-state index in [0.717, 1.165) is 21.5 Å². The molecule has 0 saturated heterocycles. The predicted octanol–water partition coefficient (Wildman–Crippen LogP) is 5.13. The highest BCUT2D eigenvalue weighted by atomic mass is 28.4. The Bertz CT molecular complexity index is 1310. The van der Waals surface area contributed by atoms with Gasteiger partial charge in [0.2, 0.25) is 0 Å². The molecule has 3 aromatic rings. The van der Waals surface area contributed by atoms with Crippen LogP contribution in [0.3, 0.4) is 0 Å². The minimum absolute atomic E-state index is 0.595. The molecular formula is C40H72O13Si5. The second kappa shape index (κ2) is 30.3. The molecule has 0 bridgehead atoms. The van der Waals surface area contributed by atoms with Crippen molar-refractivity contribution in [2.24, 2.45) is 5.92 Å². The van der Waals surface area contributed by atoms with Crippen LogP contribution in [0.1, 0.15) is 32.1 Å².